The van der Waals surface area contributed by atoms with Gasteiger partial charge in [-0.2, -0.15) is 0 Å². The van der Waals surface area contributed by atoms with Gasteiger partial charge in [0.05, 0.1) is 23.2 Å². The number of anilines is 1. The lowest BCUT2D eigenvalue weighted by Gasteiger charge is -2.06. The first-order valence-corrected chi connectivity index (χ1v) is 7.72. The van der Waals surface area contributed by atoms with Gasteiger partial charge in [-0.1, -0.05) is 18.2 Å². The number of benzene rings is 2. The molecule has 1 amide bonds. The second kappa shape index (κ2) is 6.58. The molecular weight excluding hydrogens is 299 g/mol. The van der Waals surface area contributed by atoms with Crippen LogP contribution in [-0.4, -0.2) is 16.6 Å². The number of rotatable bonds is 4. The van der Waals surface area contributed by atoms with Gasteiger partial charge in [0, 0.05) is 10.3 Å². The van der Waals surface area contributed by atoms with Crippen molar-refractivity contribution in [1.82, 2.24) is 4.98 Å². The van der Waals surface area contributed by atoms with E-state index in [0.29, 0.717) is 5.69 Å². The van der Waals surface area contributed by atoms with Gasteiger partial charge in [-0.15, -0.1) is 11.8 Å². The largest absolute Gasteiger partial charge is 0.324 e. The molecule has 22 heavy (non-hydrogen) atoms. The van der Waals surface area contributed by atoms with Crippen molar-refractivity contribution in [3.05, 3.63) is 66.6 Å². The number of aromatic nitrogens is 1. The minimum Gasteiger partial charge on any atom is -0.324 e. The van der Waals surface area contributed by atoms with E-state index < -0.39 is 0 Å². The van der Waals surface area contributed by atoms with Crippen LogP contribution < -0.4 is 5.32 Å². The van der Waals surface area contributed by atoms with E-state index in [-0.39, 0.29) is 17.5 Å². The van der Waals surface area contributed by atoms with Crippen LogP contribution in [0.25, 0.3) is 10.9 Å². The number of nitrogens with one attached hydrogen (secondary N) is 1. The van der Waals surface area contributed by atoms with E-state index in [4.69, 9.17) is 0 Å². The first-order chi connectivity index (χ1) is 10.7. The van der Waals surface area contributed by atoms with E-state index in [1.807, 2.05) is 30.3 Å². The molecule has 1 heterocycles. The highest BCUT2D eigenvalue weighted by atomic mass is 32.2. The number of hydrogen-bond acceptors (Lipinski definition) is 3. The highest BCUT2D eigenvalue weighted by Crippen LogP contribution is 2.19. The lowest BCUT2D eigenvalue weighted by atomic mass is 10.2. The molecule has 2 aromatic carbocycles. The number of nitrogens with zero attached hydrogens (tertiary/aromatic N) is 1. The van der Waals surface area contributed by atoms with Crippen LogP contribution in [-0.2, 0) is 4.79 Å². The summed E-state index contributed by atoms with van der Waals surface area (Å²) in [5.74, 6) is -0.138. The maximum absolute atomic E-state index is 12.8. The smallest absolute Gasteiger partial charge is 0.234 e. The Labute approximate surface area is 131 Å². The zero-order valence-electron chi connectivity index (χ0n) is 11.6. The second-order valence-corrected chi connectivity index (χ2v) is 5.76. The molecule has 0 fully saturated rings. The van der Waals surface area contributed by atoms with Gasteiger partial charge in [-0.3, -0.25) is 9.78 Å². The predicted molar refractivity (Wildman–Crippen MR) is 87.5 cm³/mol. The normalized spacial score (nSPS) is 10.6. The molecule has 5 heteroatoms. The maximum atomic E-state index is 12.8. The van der Waals surface area contributed by atoms with Crippen molar-refractivity contribution in [1.29, 1.82) is 0 Å². The van der Waals surface area contributed by atoms with Gasteiger partial charge >= 0.3 is 0 Å². The summed E-state index contributed by atoms with van der Waals surface area (Å²) in [5, 5.41) is 3.80. The summed E-state index contributed by atoms with van der Waals surface area (Å²) in [5.41, 5.74) is 1.56. The number of pyridine rings is 1. The number of para-hydroxylation sites is 1. The fourth-order valence-electron chi connectivity index (χ4n) is 2.02. The molecule has 110 valence electrons. The van der Waals surface area contributed by atoms with E-state index in [2.05, 4.69) is 10.3 Å². The number of halogens is 1. The molecule has 3 rings (SSSR count). The van der Waals surface area contributed by atoms with Crippen molar-refractivity contribution in [2.24, 2.45) is 0 Å². The minimum atomic E-state index is -0.281. The molecular formula is C17H13FN2OS. The molecule has 0 atom stereocenters. The Morgan fingerprint density at radius 2 is 1.91 bits per heavy atom. The molecule has 0 radical (unpaired) electrons. The maximum Gasteiger partial charge on any atom is 0.234 e. The molecule has 0 bridgehead atoms. The third-order valence-corrected chi connectivity index (χ3v) is 4.07. The van der Waals surface area contributed by atoms with Gasteiger partial charge in [-0.05, 0) is 36.4 Å². The molecule has 0 spiro atoms. The molecule has 0 unspecified atom stereocenters. The minimum absolute atomic E-state index is 0.119. The Kier molecular flexibility index (Phi) is 4.34. The molecule has 1 aromatic heterocycles. The van der Waals surface area contributed by atoms with E-state index in [9.17, 15) is 9.18 Å². The second-order valence-electron chi connectivity index (χ2n) is 4.71. The van der Waals surface area contributed by atoms with E-state index in [1.54, 1.807) is 18.3 Å². The quantitative estimate of drug-likeness (QED) is 0.737. The summed E-state index contributed by atoms with van der Waals surface area (Å²) in [6, 6.07) is 15.7. The Morgan fingerprint density at radius 1 is 1.14 bits per heavy atom. The lowest BCUT2D eigenvalue weighted by Crippen LogP contribution is -2.14. The Bertz CT molecular complexity index is 805. The van der Waals surface area contributed by atoms with E-state index in [1.165, 1.54) is 23.9 Å². The highest BCUT2D eigenvalue weighted by molar-refractivity contribution is 8.00. The third kappa shape index (κ3) is 3.62. The molecule has 0 aliphatic carbocycles. The summed E-state index contributed by atoms with van der Waals surface area (Å²) >= 11 is 1.36. The molecule has 0 saturated carbocycles. The van der Waals surface area contributed by atoms with Crippen LogP contribution in [0.5, 0.6) is 0 Å². The zero-order chi connectivity index (χ0) is 15.4. The van der Waals surface area contributed by atoms with Gasteiger partial charge in [0.25, 0.3) is 0 Å². The molecule has 3 aromatic rings. The van der Waals surface area contributed by atoms with Crippen molar-refractivity contribution in [3.63, 3.8) is 0 Å². The van der Waals surface area contributed by atoms with Crippen molar-refractivity contribution in [2.75, 3.05) is 11.1 Å². The molecule has 3 nitrogen and oxygen atoms in total. The summed E-state index contributed by atoms with van der Waals surface area (Å²) in [4.78, 5) is 17.1. The van der Waals surface area contributed by atoms with Gasteiger partial charge in [0.1, 0.15) is 5.82 Å². The first-order valence-electron chi connectivity index (χ1n) is 6.74. The predicted octanol–water partition coefficient (Wildman–Crippen LogP) is 4.10. The highest BCUT2D eigenvalue weighted by Gasteiger charge is 2.05. The van der Waals surface area contributed by atoms with Crippen molar-refractivity contribution in [3.8, 4) is 0 Å². The number of carbonyl (C=O) groups is 1. The Morgan fingerprint density at radius 3 is 2.73 bits per heavy atom. The van der Waals surface area contributed by atoms with Crippen LogP contribution in [0, 0.1) is 5.82 Å². The summed E-state index contributed by atoms with van der Waals surface area (Å²) < 4.78 is 12.8. The zero-order valence-corrected chi connectivity index (χ0v) is 12.4. The van der Waals surface area contributed by atoms with Gasteiger partial charge in [0.15, 0.2) is 0 Å². The van der Waals surface area contributed by atoms with Crippen LogP contribution in [0.15, 0.2) is 65.7 Å². The molecule has 1 N–H and O–H groups in total. The molecule has 0 aliphatic heterocycles. The topological polar surface area (TPSA) is 42.0 Å². The lowest BCUT2D eigenvalue weighted by molar-refractivity contribution is -0.113. The van der Waals surface area contributed by atoms with Crippen molar-refractivity contribution in [2.45, 2.75) is 4.90 Å². The summed E-state index contributed by atoms with van der Waals surface area (Å²) in [7, 11) is 0. The monoisotopic (exact) mass is 312 g/mol. The van der Waals surface area contributed by atoms with Crippen molar-refractivity contribution >= 4 is 34.3 Å². The van der Waals surface area contributed by atoms with E-state index >= 15 is 0 Å². The molecule has 0 aliphatic rings. The Hall–Kier alpha value is -2.40. The van der Waals surface area contributed by atoms with Crippen LogP contribution in [0.3, 0.4) is 0 Å². The van der Waals surface area contributed by atoms with Gasteiger partial charge in [-0.25, -0.2) is 4.39 Å². The SMILES string of the molecule is O=C(CSc1ccc(F)cc1)Nc1cnc2ccccc2c1. The van der Waals surface area contributed by atoms with Gasteiger partial charge in [0.2, 0.25) is 5.91 Å². The van der Waals surface area contributed by atoms with Crippen LogP contribution >= 0.6 is 11.8 Å². The number of carbonyl (C=O) groups excluding carboxylic acids is 1. The standard InChI is InChI=1S/C17H13FN2OS/c18-13-5-7-15(8-6-13)22-11-17(21)20-14-9-12-3-1-2-4-16(12)19-10-14/h1-10H,11H2,(H,20,21). The van der Waals surface area contributed by atoms with Crippen LogP contribution in [0.1, 0.15) is 0 Å². The average molecular weight is 312 g/mol. The third-order valence-electron chi connectivity index (χ3n) is 3.06. The Balaban J connectivity index is 1.61. The number of amides is 1. The summed E-state index contributed by atoms with van der Waals surface area (Å²) in [6.07, 6.45) is 1.64. The fourth-order valence-corrected chi connectivity index (χ4v) is 2.71. The number of hydrogen-bond donors (Lipinski definition) is 1. The van der Waals surface area contributed by atoms with E-state index in [0.717, 1.165) is 15.8 Å². The first kappa shape index (κ1) is 14.5. The van der Waals surface area contributed by atoms with Gasteiger partial charge < -0.3 is 5.32 Å². The van der Waals surface area contributed by atoms with Crippen LogP contribution in [0.4, 0.5) is 10.1 Å². The number of thioether (sulfide) groups is 1. The molecule has 0 saturated heterocycles. The average Bonchev–Trinajstić information content (AvgIpc) is 2.54. The fraction of sp³-hybridized carbons (Fsp3) is 0.0588. The van der Waals surface area contributed by atoms with Crippen molar-refractivity contribution < 1.29 is 9.18 Å². The summed E-state index contributed by atoms with van der Waals surface area (Å²) in [6.45, 7) is 0. The van der Waals surface area contributed by atoms with Crippen LogP contribution in [0.2, 0.25) is 0 Å². The number of fused-ring (bicyclic) bond motifs is 1.